The van der Waals surface area contributed by atoms with Gasteiger partial charge in [-0.05, 0) is 19.9 Å². The van der Waals surface area contributed by atoms with Crippen LogP contribution in [-0.2, 0) is 4.74 Å². The van der Waals surface area contributed by atoms with Gasteiger partial charge in [0.15, 0.2) is 0 Å². The Bertz CT molecular complexity index is 414. The van der Waals surface area contributed by atoms with E-state index >= 15 is 0 Å². The quantitative estimate of drug-likeness (QED) is 0.879. The largest absolute Gasteiger partial charge is 0.382 e. The number of rotatable bonds is 3. The lowest BCUT2D eigenvalue weighted by Crippen LogP contribution is -2.40. The van der Waals surface area contributed by atoms with Crippen LogP contribution in [0.15, 0.2) is 18.5 Å². The third kappa shape index (κ3) is 3.20. The molecule has 98 valence electrons. The molecule has 0 spiro atoms. The lowest BCUT2D eigenvalue weighted by atomic mass is 10.2. The molecule has 0 radical (unpaired) electrons. The SMILES string of the molecule is CC(C)Nc1cncc(C(=O)N2CCOCC2)c1. The van der Waals surface area contributed by atoms with Gasteiger partial charge in [0, 0.05) is 31.5 Å². The molecule has 1 aromatic heterocycles. The summed E-state index contributed by atoms with van der Waals surface area (Å²) in [6, 6.07) is 2.17. The fourth-order valence-corrected chi connectivity index (χ4v) is 1.92. The van der Waals surface area contributed by atoms with Crippen molar-refractivity contribution in [1.29, 1.82) is 0 Å². The average molecular weight is 249 g/mol. The first kappa shape index (κ1) is 12.8. The third-order valence-corrected chi connectivity index (χ3v) is 2.74. The summed E-state index contributed by atoms with van der Waals surface area (Å²) < 4.78 is 5.24. The van der Waals surface area contributed by atoms with Crippen LogP contribution in [0, 0.1) is 0 Å². The van der Waals surface area contributed by atoms with Crippen molar-refractivity contribution >= 4 is 11.6 Å². The molecule has 0 saturated carbocycles. The topological polar surface area (TPSA) is 54.5 Å². The molecule has 1 aromatic rings. The van der Waals surface area contributed by atoms with Crippen LogP contribution in [0.2, 0.25) is 0 Å². The van der Waals surface area contributed by atoms with Gasteiger partial charge in [-0.2, -0.15) is 0 Å². The van der Waals surface area contributed by atoms with Gasteiger partial charge in [-0.3, -0.25) is 9.78 Å². The van der Waals surface area contributed by atoms with Crippen LogP contribution in [-0.4, -0.2) is 48.1 Å². The van der Waals surface area contributed by atoms with Crippen LogP contribution in [0.1, 0.15) is 24.2 Å². The summed E-state index contributed by atoms with van der Waals surface area (Å²) in [5.41, 5.74) is 1.51. The van der Waals surface area contributed by atoms with Gasteiger partial charge in [-0.1, -0.05) is 0 Å². The summed E-state index contributed by atoms with van der Waals surface area (Å²) in [5.74, 6) is 0.0261. The monoisotopic (exact) mass is 249 g/mol. The van der Waals surface area contributed by atoms with Crippen LogP contribution in [0.5, 0.6) is 0 Å². The molecule has 1 aliphatic heterocycles. The highest BCUT2D eigenvalue weighted by Gasteiger charge is 2.18. The van der Waals surface area contributed by atoms with Gasteiger partial charge in [-0.25, -0.2) is 0 Å². The molecule has 1 aliphatic rings. The van der Waals surface area contributed by atoms with Crippen LogP contribution >= 0.6 is 0 Å². The van der Waals surface area contributed by atoms with E-state index in [0.29, 0.717) is 37.9 Å². The molecule has 0 bridgehead atoms. The number of anilines is 1. The smallest absolute Gasteiger partial charge is 0.255 e. The summed E-state index contributed by atoms with van der Waals surface area (Å²) >= 11 is 0. The highest BCUT2D eigenvalue weighted by atomic mass is 16.5. The molecule has 0 aromatic carbocycles. The van der Waals surface area contributed by atoms with Crippen LogP contribution in [0.3, 0.4) is 0 Å². The van der Waals surface area contributed by atoms with Crippen molar-refractivity contribution in [3.63, 3.8) is 0 Å². The highest BCUT2D eigenvalue weighted by Crippen LogP contribution is 2.12. The second-order valence-electron chi connectivity index (χ2n) is 4.67. The first-order chi connectivity index (χ1) is 8.66. The molecular weight excluding hydrogens is 230 g/mol. The van der Waals surface area contributed by atoms with E-state index in [-0.39, 0.29) is 5.91 Å². The lowest BCUT2D eigenvalue weighted by molar-refractivity contribution is 0.0302. The number of nitrogens with one attached hydrogen (secondary N) is 1. The number of carbonyl (C=O) groups is 1. The van der Waals surface area contributed by atoms with Gasteiger partial charge in [-0.15, -0.1) is 0 Å². The highest BCUT2D eigenvalue weighted by molar-refractivity contribution is 5.94. The van der Waals surface area contributed by atoms with Crippen molar-refractivity contribution in [1.82, 2.24) is 9.88 Å². The second kappa shape index (κ2) is 5.82. The molecule has 2 heterocycles. The van der Waals surface area contributed by atoms with E-state index in [4.69, 9.17) is 4.74 Å². The standard InChI is InChI=1S/C13H19N3O2/c1-10(2)15-12-7-11(8-14-9-12)13(17)16-3-5-18-6-4-16/h7-10,15H,3-6H2,1-2H3. The molecule has 0 atom stereocenters. The van der Waals surface area contributed by atoms with Crippen LogP contribution < -0.4 is 5.32 Å². The van der Waals surface area contributed by atoms with Crippen molar-refractivity contribution in [3.8, 4) is 0 Å². The van der Waals surface area contributed by atoms with E-state index in [1.54, 1.807) is 17.3 Å². The zero-order valence-electron chi connectivity index (χ0n) is 10.8. The number of aromatic nitrogens is 1. The minimum absolute atomic E-state index is 0.0261. The predicted octanol–water partition coefficient (Wildman–Crippen LogP) is 1.37. The lowest BCUT2D eigenvalue weighted by Gasteiger charge is -2.26. The fraction of sp³-hybridized carbons (Fsp3) is 0.538. The third-order valence-electron chi connectivity index (χ3n) is 2.74. The molecule has 2 rings (SSSR count). The Labute approximate surface area is 107 Å². The summed E-state index contributed by atoms with van der Waals surface area (Å²) in [6.07, 6.45) is 3.35. The van der Waals surface area contributed by atoms with E-state index < -0.39 is 0 Å². The number of amides is 1. The van der Waals surface area contributed by atoms with Crippen molar-refractivity contribution in [2.75, 3.05) is 31.6 Å². The van der Waals surface area contributed by atoms with E-state index in [1.807, 2.05) is 6.07 Å². The number of hydrogen-bond acceptors (Lipinski definition) is 4. The van der Waals surface area contributed by atoms with Crippen molar-refractivity contribution in [2.45, 2.75) is 19.9 Å². The van der Waals surface area contributed by atoms with Crippen LogP contribution in [0.25, 0.3) is 0 Å². The molecule has 1 fully saturated rings. The first-order valence-corrected chi connectivity index (χ1v) is 6.25. The maximum Gasteiger partial charge on any atom is 0.255 e. The molecule has 1 N–H and O–H groups in total. The van der Waals surface area contributed by atoms with Crippen molar-refractivity contribution in [3.05, 3.63) is 24.0 Å². The van der Waals surface area contributed by atoms with Gasteiger partial charge in [0.1, 0.15) is 0 Å². The summed E-state index contributed by atoms with van der Waals surface area (Å²) in [6.45, 7) is 6.64. The van der Waals surface area contributed by atoms with Gasteiger partial charge in [0.05, 0.1) is 24.5 Å². The van der Waals surface area contributed by atoms with E-state index in [0.717, 1.165) is 5.69 Å². The maximum atomic E-state index is 12.2. The van der Waals surface area contributed by atoms with Gasteiger partial charge in [0.25, 0.3) is 5.91 Å². The Hall–Kier alpha value is -1.62. The molecular formula is C13H19N3O2. The summed E-state index contributed by atoms with van der Waals surface area (Å²) in [5, 5.41) is 3.24. The molecule has 5 heteroatoms. The van der Waals surface area contributed by atoms with Crippen LogP contribution in [0.4, 0.5) is 5.69 Å². The maximum absolute atomic E-state index is 12.2. The molecule has 5 nitrogen and oxygen atoms in total. The zero-order valence-corrected chi connectivity index (χ0v) is 10.8. The minimum atomic E-state index is 0.0261. The minimum Gasteiger partial charge on any atom is -0.382 e. The number of ether oxygens (including phenoxy) is 1. The molecule has 1 amide bonds. The average Bonchev–Trinajstić information content (AvgIpc) is 2.38. The summed E-state index contributed by atoms with van der Waals surface area (Å²) in [7, 11) is 0. The number of pyridine rings is 1. The second-order valence-corrected chi connectivity index (χ2v) is 4.67. The van der Waals surface area contributed by atoms with Crippen molar-refractivity contribution in [2.24, 2.45) is 0 Å². The molecule has 1 saturated heterocycles. The number of morpholine rings is 1. The molecule has 0 unspecified atom stereocenters. The number of hydrogen-bond donors (Lipinski definition) is 1. The number of carbonyl (C=O) groups excluding carboxylic acids is 1. The summed E-state index contributed by atoms with van der Waals surface area (Å²) in [4.78, 5) is 18.2. The Morgan fingerprint density at radius 1 is 1.39 bits per heavy atom. The van der Waals surface area contributed by atoms with E-state index in [1.165, 1.54) is 0 Å². The Balaban J connectivity index is 2.09. The fourth-order valence-electron chi connectivity index (χ4n) is 1.92. The zero-order chi connectivity index (χ0) is 13.0. The Morgan fingerprint density at radius 3 is 2.78 bits per heavy atom. The van der Waals surface area contributed by atoms with E-state index in [2.05, 4.69) is 24.1 Å². The van der Waals surface area contributed by atoms with Crippen molar-refractivity contribution < 1.29 is 9.53 Å². The Morgan fingerprint density at radius 2 is 2.11 bits per heavy atom. The number of nitrogens with zero attached hydrogens (tertiary/aromatic N) is 2. The Kier molecular flexibility index (Phi) is 4.15. The van der Waals surface area contributed by atoms with Gasteiger partial charge in [0.2, 0.25) is 0 Å². The van der Waals surface area contributed by atoms with Gasteiger partial charge < -0.3 is 15.0 Å². The molecule has 18 heavy (non-hydrogen) atoms. The van der Waals surface area contributed by atoms with E-state index in [9.17, 15) is 4.79 Å². The first-order valence-electron chi connectivity index (χ1n) is 6.25. The predicted molar refractivity (Wildman–Crippen MR) is 69.7 cm³/mol. The normalized spacial score (nSPS) is 15.8. The molecule has 0 aliphatic carbocycles. The van der Waals surface area contributed by atoms with Gasteiger partial charge >= 0.3 is 0 Å².